The summed E-state index contributed by atoms with van der Waals surface area (Å²) < 4.78 is 0. The molecule has 0 fully saturated rings. The first-order chi connectivity index (χ1) is 6.84. The summed E-state index contributed by atoms with van der Waals surface area (Å²) in [5.41, 5.74) is 0. The molecule has 15 heavy (non-hydrogen) atoms. The average molecular weight is 217 g/mol. The molecule has 88 valence electrons. The zero-order valence-electron chi connectivity index (χ0n) is 9.65. The highest BCUT2D eigenvalue weighted by atomic mass is 16.4. The van der Waals surface area contributed by atoms with Crippen molar-refractivity contribution < 1.29 is 14.7 Å². The Hall–Kier alpha value is -1.30. The van der Waals surface area contributed by atoms with Gasteiger partial charge in [-0.15, -0.1) is 0 Å². The fraction of sp³-hybridized carbons (Fsp3) is 0.778. The first kappa shape index (κ1) is 13.7. The third-order valence-corrected chi connectivity index (χ3v) is 1.94. The highest BCUT2D eigenvalue weighted by Gasteiger charge is 2.16. The summed E-state index contributed by atoms with van der Waals surface area (Å²) in [6, 6.07) is -1.23. The van der Waals surface area contributed by atoms with Gasteiger partial charge < -0.3 is 20.2 Å². The van der Waals surface area contributed by atoms with Gasteiger partial charge >= 0.3 is 12.0 Å². The van der Waals surface area contributed by atoms with E-state index < -0.39 is 12.0 Å². The highest BCUT2D eigenvalue weighted by Crippen LogP contribution is 1.89. The standard InChI is InChI=1S/C9H19N3O3/c1-7(8(13)14)10-9(15)12(4)6-5-11(2)3/h7H,5-6H2,1-4H3,(H,10,15)(H,13,14)/t7-/m0/s1. The van der Waals surface area contributed by atoms with Crippen LogP contribution in [0.1, 0.15) is 6.92 Å². The molecule has 0 saturated heterocycles. The number of nitrogens with one attached hydrogen (secondary N) is 1. The Labute approximate surface area is 89.8 Å². The van der Waals surface area contributed by atoms with Gasteiger partial charge in [0, 0.05) is 20.1 Å². The predicted molar refractivity (Wildman–Crippen MR) is 56.8 cm³/mol. The number of hydrogen-bond acceptors (Lipinski definition) is 3. The third kappa shape index (κ3) is 5.90. The quantitative estimate of drug-likeness (QED) is 0.661. The largest absolute Gasteiger partial charge is 0.480 e. The number of hydrogen-bond donors (Lipinski definition) is 2. The molecule has 0 aliphatic rings. The van der Waals surface area contributed by atoms with Crippen molar-refractivity contribution in [3.05, 3.63) is 0 Å². The molecule has 0 spiro atoms. The molecule has 0 aliphatic carbocycles. The molecule has 0 radical (unpaired) electrons. The van der Waals surface area contributed by atoms with E-state index >= 15 is 0 Å². The van der Waals surface area contributed by atoms with Crippen LogP contribution in [0.2, 0.25) is 0 Å². The molecule has 0 aromatic carbocycles. The van der Waals surface area contributed by atoms with E-state index in [4.69, 9.17) is 5.11 Å². The van der Waals surface area contributed by atoms with Crippen LogP contribution in [-0.4, -0.2) is 67.2 Å². The second kappa shape index (κ2) is 6.23. The fourth-order valence-corrected chi connectivity index (χ4v) is 0.809. The van der Waals surface area contributed by atoms with Gasteiger partial charge in [0.1, 0.15) is 6.04 Å². The summed E-state index contributed by atoms with van der Waals surface area (Å²) in [4.78, 5) is 25.3. The molecular weight excluding hydrogens is 198 g/mol. The van der Waals surface area contributed by atoms with Crippen molar-refractivity contribution in [3.8, 4) is 0 Å². The molecule has 0 unspecified atom stereocenters. The van der Waals surface area contributed by atoms with Crippen LogP contribution in [0.25, 0.3) is 0 Å². The molecule has 6 nitrogen and oxygen atoms in total. The van der Waals surface area contributed by atoms with Crippen LogP contribution in [0.4, 0.5) is 4.79 Å². The minimum Gasteiger partial charge on any atom is -0.480 e. The van der Waals surface area contributed by atoms with Gasteiger partial charge in [-0.2, -0.15) is 0 Å². The molecule has 0 saturated carbocycles. The van der Waals surface area contributed by atoms with E-state index in [9.17, 15) is 9.59 Å². The minimum absolute atomic E-state index is 0.369. The van der Waals surface area contributed by atoms with Crippen molar-refractivity contribution >= 4 is 12.0 Å². The summed E-state index contributed by atoms with van der Waals surface area (Å²) in [5.74, 6) is -1.04. The number of carboxylic acid groups (broad SMARTS) is 1. The topological polar surface area (TPSA) is 72.9 Å². The van der Waals surface area contributed by atoms with Gasteiger partial charge in [-0.1, -0.05) is 0 Å². The minimum atomic E-state index is -1.04. The number of nitrogens with zero attached hydrogens (tertiary/aromatic N) is 2. The summed E-state index contributed by atoms with van der Waals surface area (Å²) >= 11 is 0. The zero-order valence-corrected chi connectivity index (χ0v) is 9.65. The Morgan fingerprint density at radius 3 is 2.20 bits per heavy atom. The van der Waals surface area contributed by atoms with Gasteiger partial charge in [-0.25, -0.2) is 4.79 Å². The number of carbonyl (C=O) groups is 2. The molecule has 0 rings (SSSR count). The number of carbonyl (C=O) groups excluding carboxylic acids is 1. The molecule has 0 aromatic rings. The summed E-state index contributed by atoms with van der Waals surface area (Å²) in [6.45, 7) is 2.73. The van der Waals surface area contributed by atoms with Crippen LogP contribution >= 0.6 is 0 Å². The molecule has 2 amide bonds. The van der Waals surface area contributed by atoms with Crippen LogP contribution < -0.4 is 5.32 Å². The number of rotatable bonds is 5. The first-order valence-electron chi connectivity index (χ1n) is 4.73. The second-order valence-corrected chi connectivity index (χ2v) is 3.73. The lowest BCUT2D eigenvalue weighted by Crippen LogP contribution is -2.46. The summed E-state index contributed by atoms with van der Waals surface area (Å²) in [6.07, 6.45) is 0. The van der Waals surface area contributed by atoms with Gasteiger partial charge in [0.25, 0.3) is 0 Å². The monoisotopic (exact) mass is 217 g/mol. The Bertz CT molecular complexity index is 231. The molecular formula is C9H19N3O3. The number of aliphatic carboxylic acids is 1. The second-order valence-electron chi connectivity index (χ2n) is 3.73. The van der Waals surface area contributed by atoms with E-state index in [1.165, 1.54) is 11.8 Å². The normalized spacial score (nSPS) is 12.3. The first-order valence-corrected chi connectivity index (χ1v) is 4.73. The van der Waals surface area contributed by atoms with Crippen LogP contribution in [0.5, 0.6) is 0 Å². The van der Waals surface area contributed by atoms with Gasteiger partial charge in [-0.05, 0) is 21.0 Å². The van der Waals surface area contributed by atoms with Gasteiger partial charge in [-0.3, -0.25) is 4.79 Å². The molecule has 0 heterocycles. The highest BCUT2D eigenvalue weighted by molar-refractivity contribution is 5.82. The Morgan fingerprint density at radius 1 is 1.27 bits per heavy atom. The molecule has 6 heteroatoms. The maximum Gasteiger partial charge on any atom is 0.325 e. The lowest BCUT2D eigenvalue weighted by Gasteiger charge is -2.21. The molecule has 2 N–H and O–H groups in total. The van der Waals surface area contributed by atoms with E-state index in [1.54, 1.807) is 7.05 Å². The molecule has 0 aromatic heterocycles. The third-order valence-electron chi connectivity index (χ3n) is 1.94. The Kier molecular flexibility index (Phi) is 5.69. The van der Waals surface area contributed by atoms with Crippen molar-refractivity contribution in [2.24, 2.45) is 0 Å². The van der Waals surface area contributed by atoms with Gasteiger partial charge in [0.15, 0.2) is 0 Å². The van der Waals surface area contributed by atoms with Crippen molar-refractivity contribution in [1.82, 2.24) is 15.1 Å². The summed E-state index contributed by atoms with van der Waals surface area (Å²) in [7, 11) is 5.45. The lowest BCUT2D eigenvalue weighted by atomic mass is 10.3. The van der Waals surface area contributed by atoms with Gasteiger partial charge in [0.2, 0.25) is 0 Å². The van der Waals surface area contributed by atoms with Crippen LogP contribution in [-0.2, 0) is 4.79 Å². The smallest absolute Gasteiger partial charge is 0.325 e. The van der Waals surface area contributed by atoms with E-state index in [-0.39, 0.29) is 6.03 Å². The Balaban J connectivity index is 3.94. The maximum absolute atomic E-state index is 11.4. The van der Waals surface area contributed by atoms with Crippen molar-refractivity contribution in [1.29, 1.82) is 0 Å². The van der Waals surface area contributed by atoms with E-state index in [0.29, 0.717) is 6.54 Å². The Morgan fingerprint density at radius 2 is 1.80 bits per heavy atom. The van der Waals surface area contributed by atoms with Crippen LogP contribution in [0, 0.1) is 0 Å². The van der Waals surface area contributed by atoms with Gasteiger partial charge in [0.05, 0.1) is 0 Å². The van der Waals surface area contributed by atoms with Crippen molar-refractivity contribution in [3.63, 3.8) is 0 Å². The van der Waals surface area contributed by atoms with Crippen LogP contribution in [0.3, 0.4) is 0 Å². The van der Waals surface area contributed by atoms with Crippen molar-refractivity contribution in [2.45, 2.75) is 13.0 Å². The number of carboxylic acids is 1. The SMILES string of the molecule is C[C@H](NC(=O)N(C)CCN(C)C)C(=O)O. The van der Waals surface area contributed by atoms with Crippen molar-refractivity contribution in [2.75, 3.05) is 34.2 Å². The van der Waals surface area contributed by atoms with Crippen LogP contribution in [0.15, 0.2) is 0 Å². The van der Waals surface area contributed by atoms with E-state index in [1.807, 2.05) is 19.0 Å². The number of amides is 2. The van der Waals surface area contributed by atoms with E-state index in [2.05, 4.69) is 5.32 Å². The molecule has 0 bridgehead atoms. The number of urea groups is 1. The average Bonchev–Trinajstić information content (AvgIpc) is 2.13. The number of likely N-dealkylation sites (N-methyl/N-ethyl adjacent to an activating group) is 2. The van der Waals surface area contributed by atoms with E-state index in [0.717, 1.165) is 6.54 Å². The molecule has 0 aliphatic heterocycles. The lowest BCUT2D eigenvalue weighted by molar-refractivity contribution is -0.138. The molecule has 1 atom stereocenters. The fourth-order valence-electron chi connectivity index (χ4n) is 0.809. The predicted octanol–water partition coefficient (Wildman–Crippen LogP) is -0.337. The maximum atomic E-state index is 11.4. The summed E-state index contributed by atoms with van der Waals surface area (Å²) in [5, 5.41) is 11.0. The zero-order chi connectivity index (χ0) is 12.0.